The molecule has 0 saturated carbocycles. The van der Waals surface area contributed by atoms with Crippen LogP contribution in [0.15, 0.2) is 36.5 Å². The van der Waals surface area contributed by atoms with Crippen molar-refractivity contribution >= 4 is 6.08 Å². The van der Waals surface area contributed by atoms with E-state index in [-0.39, 0.29) is 5.82 Å². The summed E-state index contributed by atoms with van der Waals surface area (Å²) in [4.78, 5) is 0. The summed E-state index contributed by atoms with van der Waals surface area (Å²) in [7, 11) is 0. The van der Waals surface area contributed by atoms with Gasteiger partial charge in [-0.25, -0.2) is 4.39 Å². The fourth-order valence-electron chi connectivity index (χ4n) is 2.75. The molecule has 114 valence electrons. The summed E-state index contributed by atoms with van der Waals surface area (Å²) < 4.78 is 15.4. The van der Waals surface area contributed by atoms with Gasteiger partial charge < -0.3 is 4.57 Å². The van der Waals surface area contributed by atoms with Crippen LogP contribution in [0, 0.1) is 17.1 Å². The van der Waals surface area contributed by atoms with Crippen LogP contribution in [-0.2, 0) is 0 Å². The van der Waals surface area contributed by atoms with E-state index in [1.165, 1.54) is 23.9 Å². The van der Waals surface area contributed by atoms with Gasteiger partial charge in [0.15, 0.2) is 0 Å². The van der Waals surface area contributed by atoms with Crippen LogP contribution in [0.25, 0.3) is 17.2 Å². The Kier molecular flexibility index (Phi) is 4.82. The number of halogens is 1. The first-order valence-electron chi connectivity index (χ1n) is 7.52. The van der Waals surface area contributed by atoms with Crippen LogP contribution in [0.4, 0.5) is 4.39 Å². The molecule has 1 heterocycles. The Balaban J connectivity index is 2.72. The quantitative estimate of drug-likeness (QED) is 0.681. The number of allylic oxidation sites excluding steroid dienone is 1. The molecule has 0 radical (unpaired) electrons. The number of hydrogen-bond donors (Lipinski definition) is 0. The fraction of sp³-hybridized carbons (Fsp3) is 0.316. The summed E-state index contributed by atoms with van der Waals surface area (Å²) in [5, 5.41) is 8.88. The molecular weight excluding hydrogens is 275 g/mol. The van der Waals surface area contributed by atoms with Crippen molar-refractivity contribution in [3.05, 3.63) is 53.6 Å². The summed E-state index contributed by atoms with van der Waals surface area (Å²) in [5.41, 5.74) is 4.22. The second-order valence-corrected chi connectivity index (χ2v) is 5.97. The number of aromatic nitrogens is 1. The van der Waals surface area contributed by atoms with E-state index in [0.29, 0.717) is 12.0 Å². The maximum absolute atomic E-state index is 13.2. The minimum absolute atomic E-state index is 0.245. The van der Waals surface area contributed by atoms with Crippen molar-refractivity contribution in [1.82, 2.24) is 4.57 Å². The van der Waals surface area contributed by atoms with Gasteiger partial charge in [0, 0.05) is 35.1 Å². The summed E-state index contributed by atoms with van der Waals surface area (Å²) in [6, 6.07) is 8.88. The van der Waals surface area contributed by atoms with E-state index in [0.717, 1.165) is 16.7 Å². The van der Waals surface area contributed by atoms with Gasteiger partial charge in [0.25, 0.3) is 0 Å². The molecule has 1 aromatic heterocycles. The second-order valence-electron chi connectivity index (χ2n) is 5.97. The van der Waals surface area contributed by atoms with Gasteiger partial charge in [-0.3, -0.25) is 0 Å². The van der Waals surface area contributed by atoms with Crippen molar-refractivity contribution in [2.45, 2.75) is 39.7 Å². The van der Waals surface area contributed by atoms with Crippen LogP contribution < -0.4 is 0 Å². The first-order chi connectivity index (χ1) is 10.5. The molecule has 0 spiro atoms. The molecule has 2 rings (SSSR count). The SMILES string of the molecule is CC(C)c1c(C=CC#N)c(-c2ccc(F)cc2)cn1C(C)C. The summed E-state index contributed by atoms with van der Waals surface area (Å²) in [6.07, 6.45) is 5.45. The van der Waals surface area contributed by atoms with Crippen molar-refractivity contribution in [3.63, 3.8) is 0 Å². The molecule has 0 N–H and O–H groups in total. The second kappa shape index (κ2) is 6.62. The Bertz CT molecular complexity index is 713. The number of nitriles is 1. The van der Waals surface area contributed by atoms with Gasteiger partial charge in [0.1, 0.15) is 5.82 Å². The highest BCUT2D eigenvalue weighted by Crippen LogP contribution is 2.35. The minimum atomic E-state index is -0.245. The third-order valence-corrected chi connectivity index (χ3v) is 3.70. The van der Waals surface area contributed by atoms with E-state index in [2.05, 4.69) is 44.5 Å². The third-order valence-electron chi connectivity index (χ3n) is 3.70. The highest BCUT2D eigenvalue weighted by molar-refractivity contribution is 5.78. The highest BCUT2D eigenvalue weighted by atomic mass is 19.1. The van der Waals surface area contributed by atoms with E-state index < -0.39 is 0 Å². The Morgan fingerprint density at radius 3 is 2.27 bits per heavy atom. The van der Waals surface area contributed by atoms with E-state index >= 15 is 0 Å². The molecule has 2 aromatic rings. The Morgan fingerprint density at radius 2 is 1.77 bits per heavy atom. The summed E-state index contributed by atoms with van der Waals surface area (Å²) >= 11 is 0. The molecule has 0 bridgehead atoms. The van der Waals surface area contributed by atoms with Gasteiger partial charge in [0.05, 0.1) is 6.07 Å². The molecule has 0 amide bonds. The predicted octanol–water partition coefficient (Wildman–Crippen LogP) is 5.54. The Labute approximate surface area is 131 Å². The molecule has 0 unspecified atom stereocenters. The zero-order chi connectivity index (χ0) is 16.3. The average Bonchev–Trinajstić information content (AvgIpc) is 2.85. The van der Waals surface area contributed by atoms with E-state index in [4.69, 9.17) is 5.26 Å². The standard InChI is InChI=1S/C19H21FN2/c1-13(2)19-17(6-5-11-21)18(12-22(19)14(3)4)15-7-9-16(20)10-8-15/h5-10,12-14H,1-4H3. The molecular formula is C19H21FN2. The van der Waals surface area contributed by atoms with E-state index in [9.17, 15) is 4.39 Å². The lowest BCUT2D eigenvalue weighted by Gasteiger charge is -2.16. The maximum Gasteiger partial charge on any atom is 0.123 e. The van der Waals surface area contributed by atoms with Crippen LogP contribution in [0.1, 0.15) is 50.9 Å². The van der Waals surface area contributed by atoms with Crippen LogP contribution >= 0.6 is 0 Å². The van der Waals surface area contributed by atoms with Crippen LogP contribution in [-0.4, -0.2) is 4.57 Å². The van der Waals surface area contributed by atoms with Gasteiger partial charge in [-0.1, -0.05) is 26.0 Å². The normalized spacial score (nSPS) is 11.5. The average molecular weight is 296 g/mol. The first kappa shape index (κ1) is 16.0. The van der Waals surface area contributed by atoms with Gasteiger partial charge in [-0.05, 0) is 43.5 Å². The van der Waals surface area contributed by atoms with Crippen molar-refractivity contribution < 1.29 is 4.39 Å². The fourth-order valence-corrected chi connectivity index (χ4v) is 2.75. The number of benzene rings is 1. The number of nitrogens with zero attached hydrogens (tertiary/aromatic N) is 2. The van der Waals surface area contributed by atoms with Crippen molar-refractivity contribution in [2.24, 2.45) is 0 Å². The summed E-state index contributed by atoms with van der Waals surface area (Å²) in [5.74, 6) is 0.0835. The molecule has 0 atom stereocenters. The molecule has 22 heavy (non-hydrogen) atoms. The molecule has 0 saturated heterocycles. The molecule has 3 heteroatoms. The topological polar surface area (TPSA) is 28.7 Å². The van der Waals surface area contributed by atoms with Gasteiger partial charge in [-0.2, -0.15) is 5.26 Å². The van der Waals surface area contributed by atoms with Gasteiger partial charge >= 0.3 is 0 Å². The number of rotatable bonds is 4. The zero-order valence-corrected chi connectivity index (χ0v) is 13.5. The monoisotopic (exact) mass is 296 g/mol. The first-order valence-corrected chi connectivity index (χ1v) is 7.52. The van der Waals surface area contributed by atoms with Gasteiger partial charge in [-0.15, -0.1) is 0 Å². The van der Waals surface area contributed by atoms with E-state index in [1.54, 1.807) is 12.1 Å². The van der Waals surface area contributed by atoms with Gasteiger partial charge in [0.2, 0.25) is 0 Å². The van der Waals surface area contributed by atoms with Crippen LogP contribution in [0.5, 0.6) is 0 Å². The lowest BCUT2D eigenvalue weighted by Crippen LogP contribution is -2.06. The Hall–Kier alpha value is -2.34. The van der Waals surface area contributed by atoms with Crippen molar-refractivity contribution in [3.8, 4) is 17.2 Å². The molecule has 0 aliphatic rings. The number of hydrogen-bond acceptors (Lipinski definition) is 1. The minimum Gasteiger partial charge on any atom is -0.347 e. The summed E-state index contributed by atoms with van der Waals surface area (Å²) in [6.45, 7) is 8.56. The zero-order valence-electron chi connectivity index (χ0n) is 13.5. The van der Waals surface area contributed by atoms with Crippen LogP contribution in [0.3, 0.4) is 0 Å². The predicted molar refractivity (Wildman–Crippen MR) is 88.9 cm³/mol. The lowest BCUT2D eigenvalue weighted by molar-refractivity contribution is 0.560. The molecule has 0 fully saturated rings. The van der Waals surface area contributed by atoms with Crippen molar-refractivity contribution in [1.29, 1.82) is 5.26 Å². The molecule has 0 aliphatic carbocycles. The maximum atomic E-state index is 13.2. The lowest BCUT2D eigenvalue weighted by atomic mass is 9.98. The third kappa shape index (κ3) is 3.12. The van der Waals surface area contributed by atoms with Crippen molar-refractivity contribution in [2.75, 3.05) is 0 Å². The molecule has 2 nitrogen and oxygen atoms in total. The Morgan fingerprint density at radius 1 is 1.14 bits per heavy atom. The molecule has 0 aliphatic heterocycles. The molecule has 1 aromatic carbocycles. The largest absolute Gasteiger partial charge is 0.347 e. The van der Waals surface area contributed by atoms with E-state index in [1.807, 2.05) is 6.08 Å². The smallest absolute Gasteiger partial charge is 0.123 e. The highest BCUT2D eigenvalue weighted by Gasteiger charge is 2.19. The van der Waals surface area contributed by atoms with Crippen LogP contribution in [0.2, 0.25) is 0 Å².